The van der Waals surface area contributed by atoms with Gasteiger partial charge in [-0.25, -0.2) is 4.98 Å². The van der Waals surface area contributed by atoms with Gasteiger partial charge < -0.3 is 10.2 Å². The van der Waals surface area contributed by atoms with Gasteiger partial charge in [0.2, 0.25) is 0 Å². The van der Waals surface area contributed by atoms with Crippen molar-refractivity contribution in [1.29, 1.82) is 0 Å². The molecular formula is C15H25N3. The molecule has 0 aromatic carbocycles. The van der Waals surface area contributed by atoms with Gasteiger partial charge in [0.05, 0.1) is 0 Å². The maximum absolute atomic E-state index is 4.62. The summed E-state index contributed by atoms with van der Waals surface area (Å²) in [5, 5.41) is 3.40. The molecule has 1 aromatic heterocycles. The molecule has 18 heavy (non-hydrogen) atoms. The van der Waals surface area contributed by atoms with E-state index in [9.17, 15) is 0 Å². The van der Waals surface area contributed by atoms with Crippen molar-refractivity contribution in [1.82, 2.24) is 10.3 Å². The summed E-state index contributed by atoms with van der Waals surface area (Å²) < 4.78 is 0. The predicted molar refractivity (Wildman–Crippen MR) is 76.8 cm³/mol. The first kappa shape index (κ1) is 13.3. The van der Waals surface area contributed by atoms with Gasteiger partial charge in [-0.05, 0) is 38.3 Å². The van der Waals surface area contributed by atoms with Crippen LogP contribution >= 0.6 is 0 Å². The zero-order valence-corrected chi connectivity index (χ0v) is 11.8. The molecule has 1 aliphatic heterocycles. The summed E-state index contributed by atoms with van der Waals surface area (Å²) in [5.74, 6) is 2.02. The summed E-state index contributed by atoms with van der Waals surface area (Å²) >= 11 is 0. The number of hydrogen-bond acceptors (Lipinski definition) is 3. The Morgan fingerprint density at radius 1 is 1.44 bits per heavy atom. The van der Waals surface area contributed by atoms with E-state index in [1.165, 1.54) is 24.2 Å². The smallest absolute Gasteiger partial charge is 0.133 e. The monoisotopic (exact) mass is 247 g/mol. The Labute approximate surface area is 111 Å². The molecule has 1 aliphatic rings. The Bertz CT molecular complexity index is 378. The maximum atomic E-state index is 4.62. The number of piperidine rings is 1. The van der Waals surface area contributed by atoms with Gasteiger partial charge in [-0.1, -0.05) is 19.9 Å². The molecular weight excluding hydrogens is 222 g/mol. The van der Waals surface area contributed by atoms with Gasteiger partial charge in [0.25, 0.3) is 0 Å². The molecule has 0 amide bonds. The number of aromatic nitrogens is 1. The summed E-state index contributed by atoms with van der Waals surface area (Å²) in [6, 6.07) is 4.83. The van der Waals surface area contributed by atoms with Crippen LogP contribution in [0.25, 0.3) is 0 Å². The number of anilines is 1. The molecule has 0 spiro atoms. The number of rotatable bonds is 4. The SMILES string of the molecule is CCNCc1cccnc1N1CCC(C)CC1C. The minimum absolute atomic E-state index is 0.601. The highest BCUT2D eigenvalue weighted by Gasteiger charge is 2.25. The first-order valence-electron chi connectivity index (χ1n) is 7.13. The zero-order chi connectivity index (χ0) is 13.0. The molecule has 0 aliphatic carbocycles. The molecule has 100 valence electrons. The number of hydrogen-bond donors (Lipinski definition) is 1. The largest absolute Gasteiger partial charge is 0.354 e. The van der Waals surface area contributed by atoms with Crippen LogP contribution in [-0.2, 0) is 6.54 Å². The van der Waals surface area contributed by atoms with Gasteiger partial charge in [-0.3, -0.25) is 0 Å². The highest BCUT2D eigenvalue weighted by atomic mass is 15.2. The first-order valence-corrected chi connectivity index (χ1v) is 7.13. The van der Waals surface area contributed by atoms with E-state index >= 15 is 0 Å². The molecule has 2 heterocycles. The zero-order valence-electron chi connectivity index (χ0n) is 11.8. The van der Waals surface area contributed by atoms with E-state index in [1.54, 1.807) is 0 Å². The van der Waals surface area contributed by atoms with Crippen LogP contribution in [-0.4, -0.2) is 24.1 Å². The Kier molecular flexibility index (Phi) is 4.59. The van der Waals surface area contributed by atoms with Crippen LogP contribution in [0.15, 0.2) is 18.3 Å². The lowest BCUT2D eigenvalue weighted by Gasteiger charge is -2.38. The molecule has 0 saturated carbocycles. The maximum Gasteiger partial charge on any atom is 0.133 e. The third kappa shape index (κ3) is 3.02. The molecule has 0 radical (unpaired) electrons. The number of pyridine rings is 1. The summed E-state index contributed by atoms with van der Waals surface area (Å²) in [6.45, 7) is 9.87. The van der Waals surface area contributed by atoms with E-state index in [2.05, 4.69) is 42.0 Å². The third-order valence-electron chi connectivity index (χ3n) is 3.84. The van der Waals surface area contributed by atoms with Crippen LogP contribution in [0.1, 0.15) is 39.2 Å². The van der Waals surface area contributed by atoms with Crippen LogP contribution < -0.4 is 10.2 Å². The van der Waals surface area contributed by atoms with Crippen LogP contribution in [0.5, 0.6) is 0 Å². The van der Waals surface area contributed by atoms with E-state index < -0.39 is 0 Å². The second kappa shape index (κ2) is 6.19. The van der Waals surface area contributed by atoms with Crippen molar-refractivity contribution in [3.05, 3.63) is 23.9 Å². The van der Waals surface area contributed by atoms with E-state index in [1.807, 2.05) is 12.3 Å². The van der Waals surface area contributed by atoms with Crippen molar-refractivity contribution < 1.29 is 0 Å². The van der Waals surface area contributed by atoms with E-state index in [4.69, 9.17) is 0 Å². The Morgan fingerprint density at radius 2 is 2.28 bits per heavy atom. The minimum atomic E-state index is 0.601. The van der Waals surface area contributed by atoms with E-state index in [-0.39, 0.29) is 0 Å². The molecule has 0 bridgehead atoms. The lowest BCUT2D eigenvalue weighted by Crippen LogP contribution is -2.41. The summed E-state index contributed by atoms with van der Waals surface area (Å²) in [7, 11) is 0. The van der Waals surface area contributed by atoms with Gasteiger partial charge in [0.15, 0.2) is 0 Å². The highest BCUT2D eigenvalue weighted by molar-refractivity contribution is 5.48. The highest BCUT2D eigenvalue weighted by Crippen LogP contribution is 2.28. The number of nitrogens with zero attached hydrogens (tertiary/aromatic N) is 2. The van der Waals surface area contributed by atoms with E-state index in [0.29, 0.717) is 6.04 Å². The topological polar surface area (TPSA) is 28.2 Å². The van der Waals surface area contributed by atoms with Gasteiger partial charge in [-0.2, -0.15) is 0 Å². The normalized spacial score (nSPS) is 24.3. The fourth-order valence-electron chi connectivity index (χ4n) is 2.81. The van der Waals surface area contributed by atoms with Gasteiger partial charge >= 0.3 is 0 Å². The second-order valence-corrected chi connectivity index (χ2v) is 5.44. The molecule has 3 heteroatoms. The number of nitrogens with one attached hydrogen (secondary N) is 1. The molecule has 2 unspecified atom stereocenters. The van der Waals surface area contributed by atoms with Crippen molar-refractivity contribution in [2.24, 2.45) is 5.92 Å². The van der Waals surface area contributed by atoms with Gasteiger partial charge in [0.1, 0.15) is 5.82 Å². The van der Waals surface area contributed by atoms with Gasteiger partial charge in [0, 0.05) is 30.9 Å². The fraction of sp³-hybridized carbons (Fsp3) is 0.667. The second-order valence-electron chi connectivity index (χ2n) is 5.44. The Hall–Kier alpha value is -1.09. The molecule has 3 nitrogen and oxygen atoms in total. The Balaban J connectivity index is 2.16. The standard InChI is InChI=1S/C15H25N3/c1-4-16-11-14-6-5-8-17-15(14)18-9-7-12(2)10-13(18)3/h5-6,8,12-13,16H,4,7,9-11H2,1-3H3. The summed E-state index contributed by atoms with van der Waals surface area (Å²) in [4.78, 5) is 7.10. The third-order valence-corrected chi connectivity index (χ3v) is 3.84. The van der Waals surface area contributed by atoms with Crippen LogP contribution in [0.4, 0.5) is 5.82 Å². The van der Waals surface area contributed by atoms with Gasteiger partial charge in [-0.15, -0.1) is 0 Å². The van der Waals surface area contributed by atoms with Crippen molar-refractivity contribution in [3.8, 4) is 0 Å². The lowest BCUT2D eigenvalue weighted by molar-refractivity contribution is 0.375. The van der Waals surface area contributed by atoms with Crippen molar-refractivity contribution in [2.45, 2.75) is 46.2 Å². The molecule has 1 saturated heterocycles. The average Bonchev–Trinajstić information content (AvgIpc) is 2.37. The van der Waals surface area contributed by atoms with Crippen LogP contribution in [0.3, 0.4) is 0 Å². The fourth-order valence-corrected chi connectivity index (χ4v) is 2.81. The molecule has 1 fully saturated rings. The molecule has 2 rings (SSSR count). The van der Waals surface area contributed by atoms with Crippen molar-refractivity contribution in [2.75, 3.05) is 18.0 Å². The molecule has 1 N–H and O–H groups in total. The molecule has 1 aromatic rings. The predicted octanol–water partition coefficient (Wildman–Crippen LogP) is 2.82. The van der Waals surface area contributed by atoms with Crippen LogP contribution in [0, 0.1) is 5.92 Å². The minimum Gasteiger partial charge on any atom is -0.354 e. The van der Waals surface area contributed by atoms with Crippen molar-refractivity contribution in [3.63, 3.8) is 0 Å². The van der Waals surface area contributed by atoms with E-state index in [0.717, 1.165) is 25.6 Å². The lowest BCUT2D eigenvalue weighted by atomic mass is 9.93. The quantitative estimate of drug-likeness (QED) is 0.887. The van der Waals surface area contributed by atoms with Crippen molar-refractivity contribution >= 4 is 5.82 Å². The Morgan fingerprint density at radius 3 is 3.00 bits per heavy atom. The average molecular weight is 247 g/mol. The summed E-state index contributed by atoms with van der Waals surface area (Å²) in [6.07, 6.45) is 4.47. The van der Waals surface area contributed by atoms with Crippen LogP contribution in [0.2, 0.25) is 0 Å². The first-order chi connectivity index (χ1) is 8.72. The molecule has 2 atom stereocenters. The summed E-state index contributed by atoms with van der Waals surface area (Å²) in [5.41, 5.74) is 1.32.